The summed E-state index contributed by atoms with van der Waals surface area (Å²) in [6.45, 7) is 10.8. The van der Waals surface area contributed by atoms with Crippen LogP contribution in [0.1, 0.15) is 49.5 Å². The highest BCUT2D eigenvalue weighted by molar-refractivity contribution is 6.23. The van der Waals surface area contributed by atoms with E-state index in [1.54, 1.807) is 0 Å². The largest absolute Gasteiger partial charge is 0.493 e. The Morgan fingerprint density at radius 2 is 1.37 bits per heavy atom. The van der Waals surface area contributed by atoms with E-state index in [4.69, 9.17) is 9.47 Å². The smallest absolute Gasteiger partial charge is 0.194 e. The van der Waals surface area contributed by atoms with E-state index in [0.717, 1.165) is 55.1 Å². The Hall–Kier alpha value is -2.33. The monoisotopic (exact) mass is 367 g/mol. The van der Waals surface area contributed by atoms with E-state index in [9.17, 15) is 4.79 Å². The molecule has 1 aliphatic carbocycles. The summed E-state index contributed by atoms with van der Waals surface area (Å²) in [5, 5.41) is 0. The quantitative estimate of drug-likeness (QED) is 0.483. The van der Waals surface area contributed by atoms with Crippen LogP contribution in [0.5, 0.6) is 11.5 Å². The third-order valence-electron chi connectivity index (χ3n) is 5.02. The highest BCUT2D eigenvalue weighted by Gasteiger charge is 2.32. The van der Waals surface area contributed by atoms with Gasteiger partial charge < -0.3 is 14.4 Å². The van der Waals surface area contributed by atoms with Gasteiger partial charge in [0.25, 0.3) is 0 Å². The van der Waals surface area contributed by atoms with Gasteiger partial charge in [0.2, 0.25) is 0 Å². The van der Waals surface area contributed by atoms with Crippen LogP contribution in [0.25, 0.3) is 11.1 Å². The van der Waals surface area contributed by atoms with Gasteiger partial charge in [0.15, 0.2) is 5.78 Å². The van der Waals surface area contributed by atoms with Gasteiger partial charge >= 0.3 is 0 Å². The lowest BCUT2D eigenvalue weighted by Crippen LogP contribution is -2.25. The van der Waals surface area contributed by atoms with Crippen molar-refractivity contribution in [1.29, 1.82) is 0 Å². The molecule has 2 aromatic rings. The van der Waals surface area contributed by atoms with Crippen LogP contribution in [0, 0.1) is 0 Å². The molecule has 0 N–H and O–H groups in total. The predicted molar refractivity (Wildman–Crippen MR) is 109 cm³/mol. The number of fused-ring (bicyclic) bond motifs is 3. The number of ketones is 1. The number of carbonyl (C=O) groups excluding carboxylic acids is 1. The zero-order chi connectivity index (χ0) is 19.2. The molecule has 4 heteroatoms. The van der Waals surface area contributed by atoms with Crippen LogP contribution in [-0.4, -0.2) is 43.5 Å². The summed E-state index contributed by atoms with van der Waals surface area (Å²) in [6.07, 6.45) is 1.88. The molecular formula is C23H29NO3. The lowest BCUT2D eigenvalue weighted by atomic mass is 10.0. The average molecular weight is 367 g/mol. The summed E-state index contributed by atoms with van der Waals surface area (Å²) in [6, 6.07) is 11.4. The van der Waals surface area contributed by atoms with Gasteiger partial charge in [-0.15, -0.1) is 0 Å². The van der Waals surface area contributed by atoms with Gasteiger partial charge in [-0.05, 0) is 38.1 Å². The van der Waals surface area contributed by atoms with Crippen LogP contribution in [0.3, 0.4) is 0 Å². The maximum absolute atomic E-state index is 12.8. The first-order valence-corrected chi connectivity index (χ1v) is 10.00. The lowest BCUT2D eigenvalue weighted by molar-refractivity contribution is 0.104. The molecule has 0 unspecified atom stereocenters. The normalized spacial score (nSPS) is 12.2. The van der Waals surface area contributed by atoms with Crippen LogP contribution in [0.4, 0.5) is 0 Å². The van der Waals surface area contributed by atoms with E-state index in [1.807, 2.05) is 36.4 Å². The molecule has 2 aromatic carbocycles. The van der Waals surface area contributed by atoms with E-state index in [0.29, 0.717) is 24.3 Å². The lowest BCUT2D eigenvalue weighted by Gasteiger charge is -2.18. The second-order valence-electron chi connectivity index (χ2n) is 6.76. The maximum Gasteiger partial charge on any atom is 0.194 e. The van der Waals surface area contributed by atoms with Crippen molar-refractivity contribution in [2.24, 2.45) is 0 Å². The maximum atomic E-state index is 12.8. The molecule has 0 radical (unpaired) electrons. The fourth-order valence-corrected chi connectivity index (χ4v) is 3.56. The fraction of sp³-hybridized carbons (Fsp3) is 0.435. The molecule has 0 saturated carbocycles. The minimum Gasteiger partial charge on any atom is -0.493 e. The molecule has 4 nitrogen and oxygen atoms in total. The zero-order valence-electron chi connectivity index (χ0n) is 16.6. The number of nitrogens with zero attached hydrogens (tertiary/aromatic N) is 1. The molecule has 0 fully saturated rings. The van der Waals surface area contributed by atoms with Crippen molar-refractivity contribution in [3.8, 4) is 22.6 Å². The molecule has 0 bridgehead atoms. The Labute approximate surface area is 162 Å². The van der Waals surface area contributed by atoms with Crippen LogP contribution >= 0.6 is 0 Å². The highest BCUT2D eigenvalue weighted by atomic mass is 16.5. The van der Waals surface area contributed by atoms with Crippen LogP contribution in [0.2, 0.25) is 0 Å². The molecule has 144 valence electrons. The van der Waals surface area contributed by atoms with Crippen molar-refractivity contribution < 1.29 is 14.3 Å². The summed E-state index contributed by atoms with van der Waals surface area (Å²) in [7, 11) is 0. The number of ether oxygens (including phenoxy) is 2. The molecule has 0 aromatic heterocycles. The van der Waals surface area contributed by atoms with E-state index in [1.165, 1.54) is 0 Å². The van der Waals surface area contributed by atoms with Gasteiger partial charge in [0.05, 0.1) is 13.2 Å². The molecule has 0 heterocycles. The standard InChI is InChI=1S/C23H29NO3/c1-4-15-26-19-12-7-10-17-21(19)22-18(23(17)25)11-8-13-20(22)27-16-9-14-24(5-2)6-3/h7-8,10-13H,4-6,9,14-16H2,1-3H3. The molecule has 0 spiro atoms. The van der Waals surface area contributed by atoms with E-state index in [2.05, 4.69) is 25.7 Å². The highest BCUT2D eigenvalue weighted by Crippen LogP contribution is 2.47. The molecule has 0 atom stereocenters. The number of hydrogen-bond donors (Lipinski definition) is 0. The molecular weight excluding hydrogens is 338 g/mol. The topological polar surface area (TPSA) is 38.8 Å². The summed E-state index contributed by atoms with van der Waals surface area (Å²) in [5.74, 6) is 1.59. The van der Waals surface area contributed by atoms with Crippen molar-refractivity contribution in [2.45, 2.75) is 33.6 Å². The van der Waals surface area contributed by atoms with Gasteiger partial charge in [-0.2, -0.15) is 0 Å². The fourth-order valence-electron chi connectivity index (χ4n) is 3.56. The zero-order valence-corrected chi connectivity index (χ0v) is 16.6. The van der Waals surface area contributed by atoms with E-state index < -0.39 is 0 Å². The molecule has 0 saturated heterocycles. The molecule has 1 aliphatic rings. The van der Waals surface area contributed by atoms with Crippen molar-refractivity contribution in [3.05, 3.63) is 47.5 Å². The first-order chi connectivity index (χ1) is 13.2. The first-order valence-electron chi connectivity index (χ1n) is 10.00. The SMILES string of the molecule is CCCOc1cccc2c1-c1c(OCCCN(CC)CC)cccc1C2=O. The average Bonchev–Trinajstić information content (AvgIpc) is 3.00. The number of hydrogen-bond acceptors (Lipinski definition) is 4. The van der Waals surface area contributed by atoms with Gasteiger partial charge in [-0.3, -0.25) is 4.79 Å². The molecule has 0 amide bonds. The third kappa shape index (κ3) is 4.01. The van der Waals surface area contributed by atoms with Crippen LogP contribution < -0.4 is 9.47 Å². The summed E-state index contributed by atoms with van der Waals surface area (Å²) in [5.41, 5.74) is 3.17. The van der Waals surface area contributed by atoms with Crippen molar-refractivity contribution in [3.63, 3.8) is 0 Å². The van der Waals surface area contributed by atoms with Gasteiger partial charge in [-0.1, -0.05) is 45.0 Å². The minimum absolute atomic E-state index is 0.0514. The summed E-state index contributed by atoms with van der Waals surface area (Å²) >= 11 is 0. The van der Waals surface area contributed by atoms with E-state index in [-0.39, 0.29) is 5.78 Å². The Morgan fingerprint density at radius 3 is 1.89 bits per heavy atom. The van der Waals surface area contributed by atoms with Crippen LogP contribution in [0.15, 0.2) is 36.4 Å². The predicted octanol–water partition coefficient (Wildman–Crippen LogP) is 4.80. The Balaban J connectivity index is 1.85. The van der Waals surface area contributed by atoms with E-state index >= 15 is 0 Å². The molecule has 0 aliphatic heterocycles. The number of rotatable bonds is 10. The second kappa shape index (κ2) is 9.05. The van der Waals surface area contributed by atoms with Crippen molar-refractivity contribution in [2.75, 3.05) is 32.8 Å². The summed E-state index contributed by atoms with van der Waals surface area (Å²) < 4.78 is 12.0. The van der Waals surface area contributed by atoms with Gasteiger partial charge in [-0.25, -0.2) is 0 Å². The van der Waals surface area contributed by atoms with Gasteiger partial charge in [0, 0.05) is 28.8 Å². The first kappa shape index (κ1) is 19.4. The van der Waals surface area contributed by atoms with Crippen molar-refractivity contribution in [1.82, 2.24) is 4.90 Å². The second-order valence-corrected chi connectivity index (χ2v) is 6.76. The molecule has 3 rings (SSSR count). The Kier molecular flexibility index (Phi) is 6.51. The number of benzene rings is 2. The number of carbonyl (C=O) groups is 1. The Bertz CT molecular complexity index is 796. The minimum atomic E-state index is 0.0514. The summed E-state index contributed by atoms with van der Waals surface area (Å²) in [4.78, 5) is 15.2. The van der Waals surface area contributed by atoms with Crippen molar-refractivity contribution >= 4 is 5.78 Å². The van der Waals surface area contributed by atoms with Crippen LogP contribution in [-0.2, 0) is 0 Å². The Morgan fingerprint density at radius 1 is 0.815 bits per heavy atom. The van der Waals surface area contributed by atoms with Gasteiger partial charge in [0.1, 0.15) is 11.5 Å². The third-order valence-corrected chi connectivity index (χ3v) is 5.02. The molecule has 27 heavy (non-hydrogen) atoms.